The normalized spacial score (nSPS) is 47.2. The number of aliphatic carboxylic acids is 1. The van der Waals surface area contributed by atoms with Crippen molar-refractivity contribution in [1.29, 1.82) is 0 Å². The van der Waals surface area contributed by atoms with Gasteiger partial charge in [0.1, 0.15) is 5.41 Å². The molecule has 0 amide bonds. The van der Waals surface area contributed by atoms with Crippen LogP contribution in [-0.2, 0) is 9.53 Å². The van der Waals surface area contributed by atoms with Crippen molar-refractivity contribution in [1.82, 2.24) is 0 Å². The number of rotatable bonds is 2. The van der Waals surface area contributed by atoms with Gasteiger partial charge in [-0.05, 0) is 32.1 Å². The van der Waals surface area contributed by atoms with E-state index in [0.29, 0.717) is 19.4 Å². The van der Waals surface area contributed by atoms with E-state index in [4.69, 9.17) is 10.5 Å². The first-order chi connectivity index (χ1) is 6.58. The van der Waals surface area contributed by atoms with Crippen molar-refractivity contribution >= 4 is 5.97 Å². The molecule has 0 aromatic carbocycles. The van der Waals surface area contributed by atoms with Crippen LogP contribution in [-0.4, -0.2) is 28.8 Å². The zero-order valence-corrected chi connectivity index (χ0v) is 8.08. The van der Waals surface area contributed by atoms with Gasteiger partial charge < -0.3 is 15.6 Å². The van der Waals surface area contributed by atoms with Gasteiger partial charge in [0.05, 0.1) is 11.2 Å². The number of carboxylic acid groups (broad SMARTS) is 1. The van der Waals surface area contributed by atoms with Gasteiger partial charge in [-0.3, -0.25) is 4.79 Å². The zero-order chi connectivity index (χ0) is 10.0. The van der Waals surface area contributed by atoms with Gasteiger partial charge in [-0.1, -0.05) is 0 Å². The Morgan fingerprint density at radius 2 is 2.07 bits per heavy atom. The molecule has 4 fully saturated rings. The lowest BCUT2D eigenvalue weighted by molar-refractivity contribution is -0.163. The predicted molar refractivity (Wildman–Crippen MR) is 48.8 cm³/mol. The second kappa shape index (κ2) is 2.14. The highest BCUT2D eigenvalue weighted by Gasteiger charge is 2.79. The topological polar surface area (TPSA) is 72.6 Å². The standard InChI is InChI=1S/C10H15NO3/c11-6-8-4-9(5-8,7(12)13)10(14-8)2-1-3-10/h1-6,11H2,(H,12,13). The zero-order valence-electron chi connectivity index (χ0n) is 8.08. The number of carbonyl (C=O) groups is 1. The number of nitrogens with two attached hydrogens (primary N) is 1. The molecule has 2 aliphatic carbocycles. The molecule has 4 rings (SSSR count). The number of hydrogen-bond acceptors (Lipinski definition) is 3. The van der Waals surface area contributed by atoms with Crippen LogP contribution in [0.5, 0.6) is 0 Å². The average Bonchev–Trinajstić information content (AvgIpc) is 2.47. The Kier molecular flexibility index (Phi) is 1.33. The third-order valence-corrected chi connectivity index (χ3v) is 4.47. The largest absolute Gasteiger partial charge is 0.481 e. The van der Waals surface area contributed by atoms with Gasteiger partial charge in [0.2, 0.25) is 0 Å². The summed E-state index contributed by atoms with van der Waals surface area (Å²) in [4.78, 5) is 11.3. The second-order valence-corrected chi connectivity index (χ2v) is 5.08. The van der Waals surface area contributed by atoms with Crippen LogP contribution in [0.2, 0.25) is 0 Å². The van der Waals surface area contributed by atoms with Crippen LogP contribution in [0, 0.1) is 5.41 Å². The Hall–Kier alpha value is -0.610. The van der Waals surface area contributed by atoms with E-state index in [1.165, 1.54) is 0 Å². The molecule has 4 aliphatic rings. The Morgan fingerprint density at radius 1 is 1.43 bits per heavy atom. The number of ether oxygens (including phenoxy) is 1. The smallest absolute Gasteiger partial charge is 0.312 e. The van der Waals surface area contributed by atoms with Crippen LogP contribution in [0.1, 0.15) is 32.1 Å². The highest BCUT2D eigenvalue weighted by molar-refractivity contribution is 5.80. The maximum Gasteiger partial charge on any atom is 0.312 e. The molecule has 2 aliphatic heterocycles. The summed E-state index contributed by atoms with van der Waals surface area (Å²) >= 11 is 0. The van der Waals surface area contributed by atoms with E-state index in [1.807, 2.05) is 0 Å². The first-order valence-corrected chi connectivity index (χ1v) is 5.22. The molecule has 1 spiro atoms. The van der Waals surface area contributed by atoms with Crippen LogP contribution in [0.15, 0.2) is 0 Å². The minimum Gasteiger partial charge on any atom is -0.481 e. The molecule has 2 saturated carbocycles. The molecule has 0 radical (unpaired) electrons. The van der Waals surface area contributed by atoms with E-state index in [2.05, 4.69) is 0 Å². The maximum atomic E-state index is 11.3. The molecule has 2 heterocycles. The van der Waals surface area contributed by atoms with Crippen molar-refractivity contribution < 1.29 is 14.6 Å². The van der Waals surface area contributed by atoms with Crippen molar-refractivity contribution in [3.63, 3.8) is 0 Å². The molecule has 4 heteroatoms. The van der Waals surface area contributed by atoms with Gasteiger partial charge in [0, 0.05) is 6.54 Å². The molecule has 2 bridgehead atoms. The van der Waals surface area contributed by atoms with Gasteiger partial charge in [-0.15, -0.1) is 0 Å². The summed E-state index contributed by atoms with van der Waals surface area (Å²) in [5.41, 5.74) is 4.41. The summed E-state index contributed by atoms with van der Waals surface area (Å²) in [5.74, 6) is -0.682. The Bertz CT molecular complexity index is 302. The molecular weight excluding hydrogens is 182 g/mol. The molecule has 4 nitrogen and oxygen atoms in total. The quantitative estimate of drug-likeness (QED) is 0.676. The van der Waals surface area contributed by atoms with Gasteiger partial charge in [0.25, 0.3) is 0 Å². The van der Waals surface area contributed by atoms with Crippen molar-refractivity contribution in [3.05, 3.63) is 0 Å². The SMILES string of the molecule is NCC12CC(C(=O)O)(C1)C1(CCC1)O2. The highest BCUT2D eigenvalue weighted by Crippen LogP contribution is 2.71. The van der Waals surface area contributed by atoms with E-state index in [1.54, 1.807) is 0 Å². The van der Waals surface area contributed by atoms with Crippen LogP contribution < -0.4 is 5.73 Å². The van der Waals surface area contributed by atoms with E-state index >= 15 is 0 Å². The van der Waals surface area contributed by atoms with Crippen molar-refractivity contribution in [3.8, 4) is 0 Å². The summed E-state index contributed by atoms with van der Waals surface area (Å²) in [7, 11) is 0. The molecule has 0 atom stereocenters. The monoisotopic (exact) mass is 197 g/mol. The summed E-state index contributed by atoms with van der Waals surface area (Å²) in [5, 5.41) is 9.30. The fraction of sp³-hybridized carbons (Fsp3) is 0.900. The van der Waals surface area contributed by atoms with Crippen LogP contribution >= 0.6 is 0 Å². The maximum absolute atomic E-state index is 11.3. The van der Waals surface area contributed by atoms with Crippen LogP contribution in [0.4, 0.5) is 0 Å². The van der Waals surface area contributed by atoms with E-state index in [9.17, 15) is 9.90 Å². The van der Waals surface area contributed by atoms with Gasteiger partial charge in [-0.25, -0.2) is 0 Å². The predicted octanol–water partition coefficient (Wildman–Crippen LogP) is 0.502. The molecule has 2 saturated heterocycles. The summed E-state index contributed by atoms with van der Waals surface area (Å²) < 4.78 is 5.95. The first-order valence-electron chi connectivity index (χ1n) is 5.22. The van der Waals surface area contributed by atoms with E-state index < -0.39 is 11.4 Å². The Morgan fingerprint density at radius 3 is 2.36 bits per heavy atom. The highest BCUT2D eigenvalue weighted by atomic mass is 16.5. The summed E-state index contributed by atoms with van der Waals surface area (Å²) in [6.45, 7) is 0.462. The molecule has 78 valence electrons. The summed E-state index contributed by atoms with van der Waals surface area (Å²) in [6, 6.07) is 0. The minimum atomic E-state index is -0.682. The van der Waals surface area contributed by atoms with Crippen LogP contribution in [0.3, 0.4) is 0 Å². The molecule has 0 unspecified atom stereocenters. The van der Waals surface area contributed by atoms with Crippen molar-refractivity contribution in [2.75, 3.05) is 6.54 Å². The number of carboxylic acids is 1. The van der Waals surface area contributed by atoms with E-state index in [-0.39, 0.29) is 11.2 Å². The van der Waals surface area contributed by atoms with Gasteiger partial charge in [0.15, 0.2) is 0 Å². The average molecular weight is 197 g/mol. The lowest BCUT2D eigenvalue weighted by Crippen LogP contribution is -2.58. The fourth-order valence-electron chi connectivity index (χ4n) is 3.57. The molecule has 3 N–H and O–H groups in total. The van der Waals surface area contributed by atoms with Gasteiger partial charge in [-0.2, -0.15) is 0 Å². The molecule has 14 heavy (non-hydrogen) atoms. The molecular formula is C10H15NO3. The second-order valence-electron chi connectivity index (χ2n) is 5.08. The van der Waals surface area contributed by atoms with Crippen molar-refractivity contribution in [2.24, 2.45) is 11.1 Å². The lowest BCUT2D eigenvalue weighted by Gasteiger charge is -2.48. The number of hydrogen-bond donors (Lipinski definition) is 2. The lowest BCUT2D eigenvalue weighted by atomic mass is 9.51. The first kappa shape index (κ1) is 8.68. The third-order valence-electron chi connectivity index (χ3n) is 4.47. The Balaban J connectivity index is 1.98. The van der Waals surface area contributed by atoms with E-state index in [0.717, 1.165) is 19.3 Å². The third kappa shape index (κ3) is 0.653. The fourth-order valence-corrected chi connectivity index (χ4v) is 3.57. The van der Waals surface area contributed by atoms with Crippen LogP contribution in [0.25, 0.3) is 0 Å². The minimum absolute atomic E-state index is 0.293. The molecule has 0 aromatic heterocycles. The molecule has 0 aromatic rings. The Labute approximate surface area is 82.4 Å². The van der Waals surface area contributed by atoms with Crippen molar-refractivity contribution in [2.45, 2.75) is 43.3 Å². The van der Waals surface area contributed by atoms with Gasteiger partial charge >= 0.3 is 5.97 Å². The summed E-state index contributed by atoms with van der Waals surface area (Å²) in [6.07, 6.45) is 4.16.